The Balaban J connectivity index is 2.03. The van der Waals surface area contributed by atoms with Crippen LogP contribution in [0.5, 0.6) is 0 Å². The van der Waals surface area contributed by atoms with E-state index in [9.17, 15) is 0 Å². The molecule has 0 radical (unpaired) electrons. The maximum absolute atomic E-state index is 4.31. The smallest absolute Gasteiger partial charge is 0.137 e. The number of pyridine rings is 1. The van der Waals surface area contributed by atoms with Crippen LogP contribution in [0.1, 0.15) is 0 Å². The number of nitrogens with zero attached hydrogens (tertiary/aromatic N) is 2. The first kappa shape index (κ1) is 10.8. The molecule has 18 heavy (non-hydrogen) atoms. The third kappa shape index (κ3) is 1.84. The van der Waals surface area contributed by atoms with E-state index in [4.69, 9.17) is 0 Å². The third-order valence-electron chi connectivity index (χ3n) is 3.09. The first-order chi connectivity index (χ1) is 8.74. The predicted molar refractivity (Wildman–Crippen MR) is 75.9 cm³/mol. The van der Waals surface area contributed by atoms with Gasteiger partial charge in [-0.25, -0.2) is 4.98 Å². The fraction of sp³-hybridized carbons (Fsp3) is 0.133. The summed E-state index contributed by atoms with van der Waals surface area (Å²) < 4.78 is 0. The third-order valence-corrected chi connectivity index (χ3v) is 3.09. The molecule has 0 saturated carbocycles. The van der Waals surface area contributed by atoms with E-state index in [1.165, 1.54) is 11.3 Å². The fourth-order valence-corrected chi connectivity index (χ4v) is 2.05. The van der Waals surface area contributed by atoms with Crippen molar-refractivity contribution in [2.45, 2.75) is 0 Å². The average molecular weight is 237 g/mol. The molecule has 0 amide bonds. The Labute approximate surface area is 106 Å². The molecule has 3 heteroatoms. The van der Waals surface area contributed by atoms with Crippen molar-refractivity contribution in [3.05, 3.63) is 48.7 Å². The number of fused-ring (bicyclic) bond motifs is 1. The van der Waals surface area contributed by atoms with E-state index in [0.29, 0.717) is 0 Å². The van der Waals surface area contributed by atoms with Crippen LogP contribution in [-0.2, 0) is 0 Å². The Kier molecular flexibility index (Phi) is 2.52. The highest BCUT2D eigenvalue weighted by molar-refractivity contribution is 5.83. The van der Waals surface area contributed by atoms with Gasteiger partial charge in [-0.2, -0.15) is 0 Å². The van der Waals surface area contributed by atoms with Crippen molar-refractivity contribution < 1.29 is 0 Å². The Morgan fingerprint density at radius 3 is 2.50 bits per heavy atom. The van der Waals surface area contributed by atoms with E-state index in [1.807, 2.05) is 20.2 Å². The summed E-state index contributed by atoms with van der Waals surface area (Å²) in [5, 5.41) is 1.14. The number of benzene rings is 1. The molecular weight excluding hydrogens is 222 g/mol. The molecule has 0 aliphatic carbocycles. The molecule has 1 N–H and O–H groups in total. The van der Waals surface area contributed by atoms with Gasteiger partial charge in [-0.3, -0.25) is 0 Å². The second-order valence-electron chi connectivity index (χ2n) is 4.57. The van der Waals surface area contributed by atoms with Gasteiger partial charge in [-0.1, -0.05) is 12.1 Å². The molecule has 0 atom stereocenters. The molecule has 2 aromatic heterocycles. The number of rotatable bonds is 2. The second kappa shape index (κ2) is 4.18. The van der Waals surface area contributed by atoms with Crippen molar-refractivity contribution in [3.8, 4) is 11.3 Å². The summed E-state index contributed by atoms with van der Waals surface area (Å²) in [4.78, 5) is 9.74. The van der Waals surface area contributed by atoms with Crippen LogP contribution in [-0.4, -0.2) is 24.1 Å². The maximum Gasteiger partial charge on any atom is 0.137 e. The van der Waals surface area contributed by atoms with Crippen molar-refractivity contribution in [2.75, 3.05) is 19.0 Å². The van der Waals surface area contributed by atoms with Gasteiger partial charge in [0.15, 0.2) is 0 Å². The molecule has 3 rings (SSSR count). The lowest BCUT2D eigenvalue weighted by atomic mass is 10.1. The van der Waals surface area contributed by atoms with Crippen LogP contribution in [0.15, 0.2) is 48.7 Å². The summed E-state index contributed by atoms with van der Waals surface area (Å²) >= 11 is 0. The minimum atomic E-state index is 0.934. The van der Waals surface area contributed by atoms with E-state index in [0.717, 1.165) is 16.7 Å². The zero-order chi connectivity index (χ0) is 12.5. The maximum atomic E-state index is 4.31. The van der Waals surface area contributed by atoms with Gasteiger partial charge in [-0.05, 0) is 35.9 Å². The van der Waals surface area contributed by atoms with E-state index < -0.39 is 0 Å². The average Bonchev–Trinajstić information content (AvgIpc) is 2.82. The lowest BCUT2D eigenvalue weighted by Gasteiger charge is -2.12. The number of aromatic nitrogens is 2. The number of H-pyrrole nitrogens is 1. The Morgan fingerprint density at radius 1 is 1.06 bits per heavy atom. The first-order valence-corrected chi connectivity index (χ1v) is 5.95. The highest BCUT2D eigenvalue weighted by Crippen LogP contribution is 2.24. The van der Waals surface area contributed by atoms with Gasteiger partial charge in [0.2, 0.25) is 0 Å². The standard InChI is InChI=1S/C15H15N3/c1-18(2)13-7-5-11(6-8-13)14-10-12-4-3-9-16-15(12)17-14/h3-10H,1-2H3,(H,16,17). The van der Waals surface area contributed by atoms with Gasteiger partial charge in [0.25, 0.3) is 0 Å². The molecule has 2 heterocycles. The van der Waals surface area contributed by atoms with Crippen LogP contribution < -0.4 is 4.90 Å². The molecule has 0 spiro atoms. The van der Waals surface area contributed by atoms with E-state index >= 15 is 0 Å². The van der Waals surface area contributed by atoms with Crippen molar-refractivity contribution in [1.29, 1.82) is 0 Å². The number of anilines is 1. The van der Waals surface area contributed by atoms with E-state index in [2.05, 4.69) is 51.3 Å². The van der Waals surface area contributed by atoms with Gasteiger partial charge in [-0.15, -0.1) is 0 Å². The Morgan fingerprint density at radius 2 is 1.83 bits per heavy atom. The molecule has 0 saturated heterocycles. The normalized spacial score (nSPS) is 10.8. The van der Waals surface area contributed by atoms with Crippen LogP contribution in [0.3, 0.4) is 0 Å². The molecule has 3 aromatic rings. The molecule has 3 nitrogen and oxygen atoms in total. The minimum absolute atomic E-state index is 0.934. The van der Waals surface area contributed by atoms with Crippen molar-refractivity contribution in [1.82, 2.24) is 9.97 Å². The quantitative estimate of drug-likeness (QED) is 0.741. The minimum Gasteiger partial charge on any atom is -0.378 e. The van der Waals surface area contributed by atoms with Crippen molar-refractivity contribution in [3.63, 3.8) is 0 Å². The zero-order valence-electron chi connectivity index (χ0n) is 10.5. The summed E-state index contributed by atoms with van der Waals surface area (Å²) in [6.07, 6.45) is 1.80. The highest BCUT2D eigenvalue weighted by atomic mass is 15.1. The molecule has 0 aliphatic rings. The molecule has 0 fully saturated rings. The van der Waals surface area contributed by atoms with Gasteiger partial charge >= 0.3 is 0 Å². The topological polar surface area (TPSA) is 31.9 Å². The predicted octanol–water partition coefficient (Wildman–Crippen LogP) is 3.30. The Bertz CT molecular complexity index is 633. The first-order valence-electron chi connectivity index (χ1n) is 5.95. The summed E-state index contributed by atoms with van der Waals surface area (Å²) in [5.74, 6) is 0. The van der Waals surface area contributed by atoms with Crippen LogP contribution in [0.2, 0.25) is 0 Å². The van der Waals surface area contributed by atoms with Crippen LogP contribution >= 0.6 is 0 Å². The van der Waals surface area contributed by atoms with Gasteiger partial charge in [0, 0.05) is 37.1 Å². The van der Waals surface area contributed by atoms with Gasteiger partial charge < -0.3 is 9.88 Å². The lowest BCUT2D eigenvalue weighted by Crippen LogP contribution is -2.07. The number of hydrogen-bond donors (Lipinski definition) is 1. The summed E-state index contributed by atoms with van der Waals surface area (Å²) in [6.45, 7) is 0. The molecule has 90 valence electrons. The fourth-order valence-electron chi connectivity index (χ4n) is 2.05. The van der Waals surface area contributed by atoms with Crippen molar-refractivity contribution in [2.24, 2.45) is 0 Å². The number of hydrogen-bond acceptors (Lipinski definition) is 2. The number of nitrogens with one attached hydrogen (secondary N) is 1. The van der Waals surface area contributed by atoms with Crippen LogP contribution in [0.4, 0.5) is 5.69 Å². The molecular formula is C15H15N3. The van der Waals surface area contributed by atoms with Crippen molar-refractivity contribution >= 4 is 16.7 Å². The van der Waals surface area contributed by atoms with E-state index in [1.54, 1.807) is 6.20 Å². The zero-order valence-corrected chi connectivity index (χ0v) is 10.5. The largest absolute Gasteiger partial charge is 0.378 e. The van der Waals surface area contributed by atoms with Crippen LogP contribution in [0, 0.1) is 0 Å². The number of aromatic amines is 1. The summed E-state index contributed by atoms with van der Waals surface area (Å²) in [6, 6.07) is 14.6. The SMILES string of the molecule is CN(C)c1ccc(-c2cc3cccnc3[nH]2)cc1. The lowest BCUT2D eigenvalue weighted by molar-refractivity contribution is 1.13. The molecule has 1 aromatic carbocycles. The molecule has 0 unspecified atom stereocenters. The monoisotopic (exact) mass is 237 g/mol. The Hall–Kier alpha value is -2.29. The summed E-state index contributed by atoms with van der Waals surface area (Å²) in [7, 11) is 4.09. The molecule has 0 bridgehead atoms. The van der Waals surface area contributed by atoms with Gasteiger partial charge in [0.1, 0.15) is 5.65 Å². The second-order valence-corrected chi connectivity index (χ2v) is 4.57. The molecule has 0 aliphatic heterocycles. The van der Waals surface area contributed by atoms with E-state index in [-0.39, 0.29) is 0 Å². The summed E-state index contributed by atoms with van der Waals surface area (Å²) in [5.41, 5.74) is 4.42. The highest BCUT2D eigenvalue weighted by Gasteiger charge is 2.04. The van der Waals surface area contributed by atoms with Gasteiger partial charge in [0.05, 0.1) is 0 Å². The van der Waals surface area contributed by atoms with Crippen LogP contribution in [0.25, 0.3) is 22.3 Å².